The first-order chi connectivity index (χ1) is 10.7. The van der Waals surface area contributed by atoms with Crippen LogP contribution < -0.4 is 14.9 Å². The highest BCUT2D eigenvalue weighted by molar-refractivity contribution is 9.10. The van der Waals surface area contributed by atoms with Crippen LogP contribution in [0.3, 0.4) is 0 Å². The maximum Gasteiger partial charge on any atom is 0.175 e. The SMILES string of the molecule is CCOc1cc(/C=N/Nc2ccccc2)cc(Br)c1OCC. The molecule has 2 aromatic carbocycles. The Labute approximate surface area is 139 Å². The van der Waals surface area contributed by atoms with E-state index in [0.29, 0.717) is 19.0 Å². The van der Waals surface area contributed by atoms with Crippen LogP contribution in [-0.2, 0) is 0 Å². The summed E-state index contributed by atoms with van der Waals surface area (Å²) in [6.45, 7) is 5.06. The number of para-hydroxylation sites is 1. The van der Waals surface area contributed by atoms with E-state index < -0.39 is 0 Å². The fraction of sp³-hybridized carbons (Fsp3) is 0.235. The molecule has 2 aromatic rings. The summed E-state index contributed by atoms with van der Waals surface area (Å²) in [7, 11) is 0. The minimum atomic E-state index is 0.579. The van der Waals surface area contributed by atoms with Crippen molar-refractivity contribution in [3.05, 3.63) is 52.5 Å². The van der Waals surface area contributed by atoms with Crippen molar-refractivity contribution >= 4 is 27.8 Å². The maximum atomic E-state index is 5.64. The quantitative estimate of drug-likeness (QED) is 0.573. The van der Waals surface area contributed by atoms with Crippen LogP contribution in [0.25, 0.3) is 0 Å². The van der Waals surface area contributed by atoms with Crippen molar-refractivity contribution in [2.45, 2.75) is 13.8 Å². The third kappa shape index (κ3) is 4.49. The first-order valence-electron chi connectivity index (χ1n) is 7.17. The molecular weight excluding hydrogens is 344 g/mol. The van der Waals surface area contributed by atoms with E-state index in [-0.39, 0.29) is 0 Å². The summed E-state index contributed by atoms with van der Waals surface area (Å²) in [5, 5.41) is 4.24. The lowest BCUT2D eigenvalue weighted by Gasteiger charge is -2.13. The molecule has 0 heterocycles. The monoisotopic (exact) mass is 362 g/mol. The van der Waals surface area contributed by atoms with Crippen LogP contribution in [0.5, 0.6) is 11.5 Å². The van der Waals surface area contributed by atoms with E-state index in [9.17, 15) is 0 Å². The highest BCUT2D eigenvalue weighted by Crippen LogP contribution is 2.36. The molecule has 0 bridgehead atoms. The molecular formula is C17H19BrN2O2. The van der Waals surface area contributed by atoms with Gasteiger partial charge in [-0.1, -0.05) is 18.2 Å². The van der Waals surface area contributed by atoms with Crippen LogP contribution >= 0.6 is 15.9 Å². The van der Waals surface area contributed by atoms with Gasteiger partial charge >= 0.3 is 0 Å². The predicted octanol–water partition coefficient (Wildman–Crippen LogP) is 4.69. The van der Waals surface area contributed by atoms with Gasteiger partial charge in [0.1, 0.15) is 0 Å². The number of anilines is 1. The highest BCUT2D eigenvalue weighted by atomic mass is 79.9. The first-order valence-corrected chi connectivity index (χ1v) is 7.97. The Morgan fingerprint density at radius 1 is 1.09 bits per heavy atom. The Morgan fingerprint density at radius 2 is 1.82 bits per heavy atom. The lowest BCUT2D eigenvalue weighted by Crippen LogP contribution is -2.00. The van der Waals surface area contributed by atoms with E-state index in [0.717, 1.165) is 21.5 Å². The molecule has 2 rings (SSSR count). The number of ether oxygens (including phenoxy) is 2. The molecule has 0 radical (unpaired) electrons. The fourth-order valence-corrected chi connectivity index (χ4v) is 2.48. The second kappa shape index (κ2) is 8.44. The summed E-state index contributed by atoms with van der Waals surface area (Å²) in [5.41, 5.74) is 4.84. The van der Waals surface area contributed by atoms with E-state index in [1.165, 1.54) is 0 Å². The van der Waals surface area contributed by atoms with Gasteiger partial charge in [-0.25, -0.2) is 0 Å². The van der Waals surface area contributed by atoms with Gasteiger partial charge in [-0.3, -0.25) is 5.43 Å². The first kappa shape index (κ1) is 16.4. The van der Waals surface area contributed by atoms with Gasteiger partial charge in [-0.15, -0.1) is 0 Å². The van der Waals surface area contributed by atoms with Crippen molar-refractivity contribution in [2.24, 2.45) is 5.10 Å². The molecule has 0 amide bonds. The van der Waals surface area contributed by atoms with Crippen molar-refractivity contribution in [1.82, 2.24) is 0 Å². The summed E-state index contributed by atoms with van der Waals surface area (Å²) < 4.78 is 12.1. The molecule has 0 spiro atoms. The number of hydrogen-bond donors (Lipinski definition) is 1. The zero-order valence-corrected chi connectivity index (χ0v) is 14.3. The van der Waals surface area contributed by atoms with Crippen LogP contribution in [0, 0.1) is 0 Å². The topological polar surface area (TPSA) is 42.8 Å². The Bertz CT molecular complexity index is 630. The van der Waals surface area contributed by atoms with Crippen LogP contribution in [0.2, 0.25) is 0 Å². The molecule has 4 nitrogen and oxygen atoms in total. The largest absolute Gasteiger partial charge is 0.490 e. The van der Waals surface area contributed by atoms with Gasteiger partial charge in [0, 0.05) is 0 Å². The molecule has 5 heteroatoms. The molecule has 1 N–H and O–H groups in total. The Kier molecular flexibility index (Phi) is 6.27. The number of hydrogen-bond acceptors (Lipinski definition) is 4. The van der Waals surface area contributed by atoms with Gasteiger partial charge in [0.05, 0.1) is 29.6 Å². The summed E-state index contributed by atoms with van der Waals surface area (Å²) in [5.74, 6) is 1.43. The molecule has 0 aliphatic heterocycles. The normalized spacial score (nSPS) is 10.7. The van der Waals surface area contributed by atoms with Gasteiger partial charge in [-0.2, -0.15) is 5.10 Å². The predicted molar refractivity (Wildman–Crippen MR) is 94.1 cm³/mol. The Morgan fingerprint density at radius 3 is 2.50 bits per heavy atom. The highest BCUT2D eigenvalue weighted by Gasteiger charge is 2.11. The minimum absolute atomic E-state index is 0.579. The van der Waals surface area contributed by atoms with Gasteiger partial charge in [0.2, 0.25) is 0 Å². The van der Waals surface area contributed by atoms with Gasteiger partial charge in [-0.05, 0) is 59.6 Å². The van der Waals surface area contributed by atoms with E-state index in [1.807, 2.05) is 56.3 Å². The number of nitrogens with one attached hydrogen (secondary N) is 1. The summed E-state index contributed by atoms with van der Waals surface area (Å²) in [4.78, 5) is 0. The second-order valence-corrected chi connectivity index (χ2v) is 5.29. The van der Waals surface area contributed by atoms with E-state index in [4.69, 9.17) is 9.47 Å². The van der Waals surface area contributed by atoms with Crippen molar-refractivity contribution < 1.29 is 9.47 Å². The van der Waals surface area contributed by atoms with Crippen molar-refractivity contribution in [3.63, 3.8) is 0 Å². The van der Waals surface area contributed by atoms with Crippen LogP contribution in [0.4, 0.5) is 5.69 Å². The minimum Gasteiger partial charge on any atom is -0.490 e. The lowest BCUT2D eigenvalue weighted by molar-refractivity contribution is 0.286. The molecule has 0 aliphatic carbocycles. The number of rotatable bonds is 7. The molecule has 0 atom stereocenters. The third-order valence-corrected chi connectivity index (χ3v) is 3.39. The second-order valence-electron chi connectivity index (χ2n) is 4.43. The van der Waals surface area contributed by atoms with Crippen LogP contribution in [0.1, 0.15) is 19.4 Å². The number of hydrazone groups is 1. The van der Waals surface area contributed by atoms with Crippen molar-refractivity contribution in [1.29, 1.82) is 0 Å². The summed E-state index contributed by atoms with van der Waals surface area (Å²) in [6.07, 6.45) is 1.75. The van der Waals surface area contributed by atoms with Gasteiger partial charge in [0.15, 0.2) is 11.5 Å². The zero-order chi connectivity index (χ0) is 15.8. The molecule has 116 valence electrons. The molecule has 22 heavy (non-hydrogen) atoms. The number of nitrogens with zero attached hydrogens (tertiary/aromatic N) is 1. The lowest BCUT2D eigenvalue weighted by atomic mass is 10.2. The Hall–Kier alpha value is -2.01. The smallest absolute Gasteiger partial charge is 0.175 e. The van der Waals surface area contributed by atoms with Gasteiger partial charge < -0.3 is 9.47 Å². The third-order valence-electron chi connectivity index (χ3n) is 2.80. The Balaban J connectivity index is 2.17. The fourth-order valence-electron chi connectivity index (χ4n) is 1.90. The molecule has 0 aromatic heterocycles. The standard InChI is InChI=1S/C17H19BrN2O2/c1-3-21-16-11-13(10-15(18)17(16)22-4-2)12-19-20-14-8-6-5-7-9-14/h5-12,20H,3-4H2,1-2H3/b19-12+. The molecule has 0 fully saturated rings. The van der Waals surface area contributed by atoms with E-state index in [2.05, 4.69) is 26.5 Å². The van der Waals surface area contributed by atoms with Crippen LogP contribution in [-0.4, -0.2) is 19.4 Å². The maximum absolute atomic E-state index is 5.64. The van der Waals surface area contributed by atoms with Gasteiger partial charge in [0.25, 0.3) is 0 Å². The van der Waals surface area contributed by atoms with E-state index in [1.54, 1.807) is 6.21 Å². The summed E-state index contributed by atoms with van der Waals surface area (Å²) >= 11 is 3.52. The van der Waals surface area contributed by atoms with Crippen LogP contribution in [0.15, 0.2) is 52.0 Å². The summed E-state index contributed by atoms with van der Waals surface area (Å²) in [6, 6.07) is 13.6. The van der Waals surface area contributed by atoms with Crippen molar-refractivity contribution in [3.8, 4) is 11.5 Å². The average molecular weight is 363 g/mol. The number of halogens is 1. The molecule has 0 saturated carbocycles. The molecule has 0 unspecified atom stereocenters. The van der Waals surface area contributed by atoms with Crippen molar-refractivity contribution in [2.75, 3.05) is 18.6 Å². The molecule has 0 saturated heterocycles. The number of benzene rings is 2. The zero-order valence-electron chi connectivity index (χ0n) is 12.7. The van der Waals surface area contributed by atoms with E-state index >= 15 is 0 Å². The molecule has 0 aliphatic rings. The average Bonchev–Trinajstić information content (AvgIpc) is 2.52.